The average molecular weight is 302 g/mol. The Balaban J connectivity index is 2.09. The summed E-state index contributed by atoms with van der Waals surface area (Å²) in [4.78, 5) is 9.08. The molecule has 0 spiro atoms. The molecule has 0 bridgehead atoms. The Bertz CT molecular complexity index is 775. The molecule has 0 atom stereocenters. The summed E-state index contributed by atoms with van der Waals surface area (Å²) in [5.74, 6) is 1.82. The average Bonchev–Trinajstić information content (AvgIpc) is 3.01. The van der Waals surface area contributed by atoms with Crippen LogP contribution >= 0.6 is 11.3 Å². The van der Waals surface area contributed by atoms with Crippen molar-refractivity contribution < 1.29 is 4.74 Å². The highest BCUT2D eigenvalue weighted by atomic mass is 32.1. The van der Waals surface area contributed by atoms with Crippen molar-refractivity contribution >= 4 is 27.5 Å². The molecule has 2 N–H and O–H groups in total. The number of fused-ring (bicyclic) bond motifs is 1. The fourth-order valence-electron chi connectivity index (χ4n) is 2.52. The summed E-state index contributed by atoms with van der Waals surface area (Å²) < 4.78 is 7.52. The molecule has 3 aromatic rings. The maximum Gasteiger partial charge on any atom is 0.180 e. The maximum absolute atomic E-state index is 5.71. The van der Waals surface area contributed by atoms with Crippen molar-refractivity contribution in [1.29, 1.82) is 0 Å². The number of imidazole rings is 1. The van der Waals surface area contributed by atoms with E-state index in [-0.39, 0.29) is 0 Å². The van der Waals surface area contributed by atoms with Crippen LogP contribution in [-0.2, 0) is 6.42 Å². The molecule has 6 heteroatoms. The fourth-order valence-corrected chi connectivity index (χ4v) is 3.08. The molecule has 21 heavy (non-hydrogen) atoms. The van der Waals surface area contributed by atoms with Crippen molar-refractivity contribution in [2.75, 3.05) is 12.8 Å². The summed E-state index contributed by atoms with van der Waals surface area (Å²) in [5.41, 5.74) is 8.73. The lowest BCUT2D eigenvalue weighted by atomic mass is 10.2. The third-order valence-corrected chi connectivity index (χ3v) is 4.12. The number of thiazole rings is 1. The van der Waals surface area contributed by atoms with Crippen LogP contribution in [-0.4, -0.2) is 21.6 Å². The number of methoxy groups -OCH3 is 1. The Morgan fingerprint density at radius 1 is 1.33 bits per heavy atom. The van der Waals surface area contributed by atoms with Gasteiger partial charge in [-0.3, -0.25) is 0 Å². The first kappa shape index (κ1) is 13.9. The van der Waals surface area contributed by atoms with Gasteiger partial charge < -0.3 is 15.0 Å². The molecule has 0 saturated carbocycles. The topological polar surface area (TPSA) is 66.0 Å². The summed E-state index contributed by atoms with van der Waals surface area (Å²) >= 11 is 1.46. The third-order valence-electron chi connectivity index (χ3n) is 3.39. The molecule has 0 fully saturated rings. The Labute approximate surface area is 127 Å². The van der Waals surface area contributed by atoms with Crippen LogP contribution in [0.25, 0.3) is 11.0 Å². The molecule has 0 saturated heterocycles. The smallest absolute Gasteiger partial charge is 0.180 e. The Morgan fingerprint density at radius 3 is 2.76 bits per heavy atom. The van der Waals surface area contributed by atoms with E-state index in [2.05, 4.69) is 29.5 Å². The highest BCUT2D eigenvalue weighted by Crippen LogP contribution is 2.26. The minimum Gasteiger partial charge on any atom is -0.497 e. The van der Waals surface area contributed by atoms with Crippen molar-refractivity contribution in [1.82, 2.24) is 14.5 Å². The maximum atomic E-state index is 5.71. The quantitative estimate of drug-likeness (QED) is 0.803. The molecule has 0 aliphatic heterocycles. The van der Waals surface area contributed by atoms with Gasteiger partial charge in [0, 0.05) is 23.9 Å². The number of anilines is 1. The van der Waals surface area contributed by atoms with Crippen LogP contribution in [0.4, 0.5) is 5.13 Å². The molecular formula is C15H18N4OS. The summed E-state index contributed by atoms with van der Waals surface area (Å²) in [6.45, 7) is 4.31. The molecule has 0 amide bonds. The van der Waals surface area contributed by atoms with Gasteiger partial charge in [-0.05, 0) is 26.0 Å². The molecule has 5 nitrogen and oxygen atoms in total. The number of hydrogen-bond donors (Lipinski definition) is 1. The fraction of sp³-hybridized carbons (Fsp3) is 0.333. The highest BCUT2D eigenvalue weighted by Gasteiger charge is 2.15. The van der Waals surface area contributed by atoms with Crippen molar-refractivity contribution in [3.05, 3.63) is 35.1 Å². The second-order valence-electron chi connectivity index (χ2n) is 5.20. The normalized spacial score (nSPS) is 11.4. The zero-order valence-corrected chi connectivity index (χ0v) is 13.1. The first-order valence-electron chi connectivity index (χ1n) is 6.83. The molecule has 0 unspecified atom stereocenters. The largest absolute Gasteiger partial charge is 0.497 e. The predicted molar refractivity (Wildman–Crippen MR) is 86.0 cm³/mol. The van der Waals surface area contributed by atoms with E-state index in [0.29, 0.717) is 17.6 Å². The first-order chi connectivity index (χ1) is 10.1. The van der Waals surface area contributed by atoms with E-state index < -0.39 is 0 Å². The molecule has 0 aliphatic carbocycles. The van der Waals surface area contributed by atoms with E-state index in [1.807, 2.05) is 17.5 Å². The van der Waals surface area contributed by atoms with Crippen LogP contribution < -0.4 is 10.5 Å². The zero-order chi connectivity index (χ0) is 15.0. The van der Waals surface area contributed by atoms with Gasteiger partial charge in [-0.2, -0.15) is 0 Å². The number of nitrogens with two attached hydrogens (primary N) is 1. The molecule has 1 aromatic carbocycles. The number of nitrogen functional groups attached to an aromatic ring is 1. The number of rotatable bonds is 4. The predicted octanol–water partition coefficient (Wildman–Crippen LogP) is 3.26. The molecule has 3 rings (SSSR count). The second-order valence-corrected chi connectivity index (χ2v) is 6.09. The minimum absolute atomic E-state index is 0.328. The standard InChI is InChI=1S/C15H18N4OS/c1-9(2)19-13-5-4-11(20-3)7-12(13)18-14(19)6-10-8-21-15(16)17-10/h4-5,7-9H,6H2,1-3H3,(H2,16,17). The summed E-state index contributed by atoms with van der Waals surface area (Å²) in [5, 5.41) is 2.58. The summed E-state index contributed by atoms with van der Waals surface area (Å²) in [6, 6.07) is 6.31. The lowest BCUT2D eigenvalue weighted by Gasteiger charge is -2.12. The SMILES string of the molecule is COc1ccc2c(c1)nc(Cc1csc(N)n1)n2C(C)C. The van der Waals surface area contributed by atoms with Gasteiger partial charge in [0.2, 0.25) is 0 Å². The Morgan fingerprint density at radius 2 is 2.14 bits per heavy atom. The van der Waals surface area contributed by atoms with Gasteiger partial charge in [0.25, 0.3) is 0 Å². The van der Waals surface area contributed by atoms with Gasteiger partial charge in [0.15, 0.2) is 5.13 Å². The van der Waals surface area contributed by atoms with E-state index in [1.54, 1.807) is 7.11 Å². The van der Waals surface area contributed by atoms with Crippen molar-refractivity contribution in [3.8, 4) is 5.75 Å². The van der Waals surface area contributed by atoms with E-state index in [0.717, 1.165) is 28.3 Å². The van der Waals surface area contributed by atoms with Crippen LogP contribution in [0.1, 0.15) is 31.4 Å². The monoisotopic (exact) mass is 302 g/mol. The van der Waals surface area contributed by atoms with Crippen LogP contribution in [0.3, 0.4) is 0 Å². The van der Waals surface area contributed by atoms with Gasteiger partial charge in [-0.25, -0.2) is 9.97 Å². The molecular weight excluding hydrogens is 284 g/mol. The van der Waals surface area contributed by atoms with E-state index in [4.69, 9.17) is 15.5 Å². The first-order valence-corrected chi connectivity index (χ1v) is 7.71. The number of hydrogen-bond acceptors (Lipinski definition) is 5. The van der Waals surface area contributed by atoms with Crippen molar-refractivity contribution in [2.24, 2.45) is 0 Å². The Hall–Kier alpha value is -2.08. The zero-order valence-electron chi connectivity index (χ0n) is 12.3. The molecule has 2 heterocycles. The third kappa shape index (κ3) is 2.58. The van der Waals surface area contributed by atoms with Crippen molar-refractivity contribution in [2.45, 2.75) is 26.3 Å². The van der Waals surface area contributed by atoms with E-state index in [1.165, 1.54) is 11.3 Å². The van der Waals surface area contributed by atoms with E-state index in [9.17, 15) is 0 Å². The van der Waals surface area contributed by atoms with Gasteiger partial charge in [-0.15, -0.1) is 11.3 Å². The Kier molecular flexibility index (Phi) is 3.55. The summed E-state index contributed by atoms with van der Waals surface area (Å²) in [6.07, 6.45) is 0.683. The van der Waals surface area contributed by atoms with Gasteiger partial charge in [-0.1, -0.05) is 0 Å². The molecule has 0 radical (unpaired) electrons. The van der Waals surface area contributed by atoms with Gasteiger partial charge in [0.05, 0.1) is 23.8 Å². The second kappa shape index (κ2) is 5.37. The number of nitrogens with zero attached hydrogens (tertiary/aromatic N) is 3. The lowest BCUT2D eigenvalue weighted by Crippen LogP contribution is -2.07. The number of benzene rings is 1. The van der Waals surface area contributed by atoms with E-state index >= 15 is 0 Å². The van der Waals surface area contributed by atoms with Crippen LogP contribution in [0.5, 0.6) is 5.75 Å². The molecule has 110 valence electrons. The molecule has 0 aliphatic rings. The molecule has 2 aromatic heterocycles. The highest BCUT2D eigenvalue weighted by molar-refractivity contribution is 7.13. The number of aromatic nitrogens is 3. The van der Waals surface area contributed by atoms with Crippen LogP contribution in [0.2, 0.25) is 0 Å². The van der Waals surface area contributed by atoms with Crippen molar-refractivity contribution in [3.63, 3.8) is 0 Å². The minimum atomic E-state index is 0.328. The van der Waals surface area contributed by atoms with Crippen LogP contribution in [0, 0.1) is 0 Å². The lowest BCUT2D eigenvalue weighted by molar-refractivity contribution is 0.415. The van der Waals surface area contributed by atoms with Gasteiger partial charge in [0.1, 0.15) is 11.6 Å². The number of ether oxygens (including phenoxy) is 1. The van der Waals surface area contributed by atoms with Gasteiger partial charge >= 0.3 is 0 Å². The van der Waals surface area contributed by atoms with Crippen LogP contribution in [0.15, 0.2) is 23.6 Å². The summed E-state index contributed by atoms with van der Waals surface area (Å²) in [7, 11) is 1.67.